The van der Waals surface area contributed by atoms with E-state index in [1.165, 1.54) is 32.2 Å². The van der Waals surface area contributed by atoms with Crippen molar-refractivity contribution in [1.29, 1.82) is 5.41 Å². The third-order valence-electron chi connectivity index (χ3n) is 7.63. The highest BCUT2D eigenvalue weighted by atomic mass is 32.2. The number of carbonyl (C=O) groups is 1. The molecule has 1 aromatic carbocycles. The lowest BCUT2D eigenvalue weighted by Gasteiger charge is -2.47. The molecule has 40 heavy (non-hydrogen) atoms. The molecular weight excluding hydrogens is 566 g/mol. The van der Waals surface area contributed by atoms with Crippen LogP contribution in [0.1, 0.15) is 55.6 Å². The van der Waals surface area contributed by atoms with Crippen molar-refractivity contribution >= 4 is 37.6 Å². The number of sulfonamides is 2. The molecule has 2 aliphatic rings. The highest BCUT2D eigenvalue weighted by Crippen LogP contribution is 2.38. The molecule has 3 N–H and O–H groups in total. The first-order chi connectivity index (χ1) is 18.7. The quantitative estimate of drug-likeness (QED) is 0.422. The van der Waals surface area contributed by atoms with Gasteiger partial charge in [0.1, 0.15) is 22.6 Å². The number of halogens is 2. The molecule has 2 fully saturated rings. The number of hydrogen-bond donors (Lipinski definition) is 3. The Morgan fingerprint density at radius 2 is 1.93 bits per heavy atom. The summed E-state index contributed by atoms with van der Waals surface area (Å²) in [7, 11) is -7.03. The third-order valence-corrected chi connectivity index (χ3v) is 12.4. The SMILES string of the molecule is CCN(C[C@@H]1[C@](C)(c2cc(NC(=O)c3ccc(F)cn3)ccc2F)NC(=N)N(C)S1(=O)=O)S(=O)(=O)C1CCCC1. The van der Waals surface area contributed by atoms with Crippen molar-refractivity contribution in [2.75, 3.05) is 25.5 Å². The van der Waals surface area contributed by atoms with Gasteiger partial charge in [-0.1, -0.05) is 19.8 Å². The fourth-order valence-electron chi connectivity index (χ4n) is 5.24. The predicted molar refractivity (Wildman–Crippen MR) is 146 cm³/mol. The Morgan fingerprint density at radius 1 is 1.25 bits per heavy atom. The number of amides is 1. The Labute approximate surface area is 232 Å². The van der Waals surface area contributed by atoms with Crippen LogP contribution in [-0.4, -0.2) is 72.9 Å². The Hall–Kier alpha value is -3.17. The molecule has 1 saturated carbocycles. The van der Waals surface area contributed by atoms with Gasteiger partial charge in [0.2, 0.25) is 26.0 Å². The largest absolute Gasteiger partial charge is 0.345 e. The van der Waals surface area contributed by atoms with E-state index in [2.05, 4.69) is 15.6 Å². The second kappa shape index (κ2) is 11.0. The average molecular weight is 599 g/mol. The lowest BCUT2D eigenvalue weighted by molar-refractivity contribution is 0.102. The lowest BCUT2D eigenvalue weighted by Crippen LogP contribution is -2.68. The average Bonchev–Trinajstić information content (AvgIpc) is 3.45. The summed E-state index contributed by atoms with van der Waals surface area (Å²) in [5.41, 5.74) is -2.02. The molecule has 0 radical (unpaired) electrons. The van der Waals surface area contributed by atoms with E-state index in [4.69, 9.17) is 5.41 Å². The zero-order valence-corrected chi connectivity index (χ0v) is 23.9. The topological polar surface area (TPSA) is 153 Å². The minimum atomic E-state index is -4.36. The highest BCUT2D eigenvalue weighted by molar-refractivity contribution is 7.91. The molecule has 2 atom stereocenters. The summed E-state index contributed by atoms with van der Waals surface area (Å²) in [5.74, 6) is -2.69. The van der Waals surface area contributed by atoms with Gasteiger partial charge in [0.05, 0.1) is 17.0 Å². The number of hydrogen-bond acceptors (Lipinski definition) is 7. The van der Waals surface area contributed by atoms with E-state index < -0.39 is 66.1 Å². The van der Waals surface area contributed by atoms with E-state index in [1.54, 1.807) is 6.92 Å². The van der Waals surface area contributed by atoms with Gasteiger partial charge in [-0.3, -0.25) is 10.2 Å². The monoisotopic (exact) mass is 598 g/mol. The van der Waals surface area contributed by atoms with Crippen molar-refractivity contribution in [1.82, 2.24) is 18.9 Å². The zero-order chi connectivity index (χ0) is 29.5. The van der Waals surface area contributed by atoms with Crippen LogP contribution >= 0.6 is 0 Å². The van der Waals surface area contributed by atoms with Gasteiger partial charge >= 0.3 is 0 Å². The van der Waals surface area contributed by atoms with Crippen molar-refractivity contribution in [2.24, 2.45) is 0 Å². The smallest absolute Gasteiger partial charge is 0.274 e. The van der Waals surface area contributed by atoms with Crippen LogP contribution < -0.4 is 10.6 Å². The molecule has 4 rings (SSSR count). The molecule has 1 aliphatic heterocycles. The molecule has 0 bridgehead atoms. The maximum absolute atomic E-state index is 15.4. The second-order valence-electron chi connectivity index (χ2n) is 10.1. The molecule has 218 valence electrons. The number of nitrogens with one attached hydrogen (secondary N) is 3. The first kappa shape index (κ1) is 29.8. The molecule has 15 heteroatoms. The second-order valence-corrected chi connectivity index (χ2v) is 14.4. The van der Waals surface area contributed by atoms with E-state index in [1.807, 2.05) is 0 Å². The van der Waals surface area contributed by atoms with E-state index in [9.17, 15) is 26.0 Å². The van der Waals surface area contributed by atoms with Gasteiger partial charge in [-0.25, -0.2) is 39.2 Å². The minimum absolute atomic E-state index is 0.00530. The maximum atomic E-state index is 15.4. The summed E-state index contributed by atoms with van der Waals surface area (Å²) in [6, 6.07) is 5.75. The van der Waals surface area contributed by atoms with Gasteiger partial charge in [0.25, 0.3) is 5.91 Å². The van der Waals surface area contributed by atoms with Gasteiger partial charge in [-0.2, -0.15) is 0 Å². The van der Waals surface area contributed by atoms with Crippen LogP contribution in [0.4, 0.5) is 14.5 Å². The molecule has 1 aliphatic carbocycles. The fourth-order valence-corrected chi connectivity index (χ4v) is 9.23. The molecule has 1 amide bonds. The summed E-state index contributed by atoms with van der Waals surface area (Å²) in [6.45, 7) is 2.52. The highest BCUT2D eigenvalue weighted by Gasteiger charge is 2.54. The van der Waals surface area contributed by atoms with Gasteiger partial charge in [0, 0.05) is 31.4 Å². The molecule has 2 aromatic rings. The van der Waals surface area contributed by atoms with Crippen LogP contribution in [0.5, 0.6) is 0 Å². The third kappa shape index (κ3) is 5.41. The molecule has 11 nitrogen and oxygen atoms in total. The van der Waals surface area contributed by atoms with Crippen LogP contribution in [-0.2, 0) is 25.6 Å². The van der Waals surface area contributed by atoms with Crippen molar-refractivity contribution in [3.63, 3.8) is 0 Å². The molecule has 1 aromatic heterocycles. The standard InChI is InChI=1S/C25H32F2N6O5S2/c1-4-33(39(35,36)18-7-5-6-8-18)15-22-25(2,31-24(28)32(3)40(22,37)38)19-13-17(10-11-20(19)27)30-23(34)21-12-9-16(26)14-29-21/h9-14,18,22H,4-8,15H2,1-3H3,(H2,28,31)(H,30,34)/t22-,25+/m1/s1. The summed E-state index contributed by atoms with van der Waals surface area (Å²) < 4.78 is 84.7. The van der Waals surface area contributed by atoms with Crippen LogP contribution in [0.25, 0.3) is 0 Å². The van der Waals surface area contributed by atoms with Crippen molar-refractivity contribution < 1.29 is 30.4 Å². The number of carbonyl (C=O) groups excluding carboxylic acids is 1. The number of nitrogens with zero attached hydrogens (tertiary/aromatic N) is 3. The number of aromatic nitrogens is 1. The van der Waals surface area contributed by atoms with E-state index in [0.29, 0.717) is 17.1 Å². The molecule has 0 spiro atoms. The zero-order valence-electron chi connectivity index (χ0n) is 22.3. The molecule has 2 heterocycles. The van der Waals surface area contributed by atoms with Crippen LogP contribution in [0.2, 0.25) is 0 Å². The molecular formula is C25H32F2N6O5S2. The summed E-state index contributed by atoms with van der Waals surface area (Å²) in [4.78, 5) is 16.4. The Bertz CT molecular complexity index is 1510. The summed E-state index contributed by atoms with van der Waals surface area (Å²) in [5, 5.41) is 11.4. The van der Waals surface area contributed by atoms with Crippen LogP contribution in [0.3, 0.4) is 0 Å². The van der Waals surface area contributed by atoms with Crippen LogP contribution in [0, 0.1) is 17.0 Å². The molecule has 1 saturated heterocycles. The maximum Gasteiger partial charge on any atom is 0.274 e. The van der Waals surface area contributed by atoms with Crippen molar-refractivity contribution in [3.8, 4) is 0 Å². The van der Waals surface area contributed by atoms with E-state index >= 15 is 4.39 Å². The summed E-state index contributed by atoms with van der Waals surface area (Å²) in [6.07, 6.45) is 3.36. The Balaban J connectivity index is 1.75. The number of pyridine rings is 1. The Kier molecular flexibility index (Phi) is 8.20. The Morgan fingerprint density at radius 3 is 2.52 bits per heavy atom. The number of anilines is 1. The van der Waals surface area contributed by atoms with E-state index in [-0.39, 0.29) is 23.5 Å². The summed E-state index contributed by atoms with van der Waals surface area (Å²) >= 11 is 0. The van der Waals surface area contributed by atoms with Crippen molar-refractivity contribution in [3.05, 3.63) is 59.4 Å². The lowest BCUT2D eigenvalue weighted by atomic mass is 9.87. The molecule has 0 unspecified atom stereocenters. The first-order valence-electron chi connectivity index (χ1n) is 12.8. The number of guanidine groups is 1. The fraction of sp³-hybridized carbons (Fsp3) is 0.480. The van der Waals surface area contributed by atoms with Crippen molar-refractivity contribution in [2.45, 2.75) is 55.6 Å². The van der Waals surface area contributed by atoms with E-state index in [0.717, 1.165) is 35.5 Å². The normalized spacial score (nSPS) is 23.3. The van der Waals surface area contributed by atoms with Gasteiger partial charge < -0.3 is 10.6 Å². The minimum Gasteiger partial charge on any atom is -0.345 e. The van der Waals surface area contributed by atoms with Crippen LogP contribution in [0.15, 0.2) is 36.5 Å². The predicted octanol–water partition coefficient (Wildman–Crippen LogP) is 2.59. The van der Waals surface area contributed by atoms with Gasteiger partial charge in [-0.05, 0) is 50.1 Å². The number of benzene rings is 1. The van der Waals surface area contributed by atoms with Gasteiger partial charge in [0.15, 0.2) is 0 Å². The number of rotatable bonds is 8. The van der Waals surface area contributed by atoms with Gasteiger partial charge in [-0.15, -0.1) is 0 Å². The first-order valence-corrected chi connectivity index (χ1v) is 15.8.